The van der Waals surface area contributed by atoms with Crippen LogP contribution in [0.3, 0.4) is 0 Å². The summed E-state index contributed by atoms with van der Waals surface area (Å²) in [6, 6.07) is 8.64. The number of H-pyrrole nitrogens is 1. The van der Waals surface area contributed by atoms with E-state index in [1.54, 1.807) is 6.33 Å². The first-order chi connectivity index (χ1) is 8.33. The van der Waals surface area contributed by atoms with Crippen molar-refractivity contribution < 1.29 is 0 Å². The molecule has 0 atom stereocenters. The fourth-order valence-corrected chi connectivity index (χ4v) is 2.37. The lowest BCUT2D eigenvalue weighted by Crippen LogP contribution is -2.30. The number of hydrogen-bond donors (Lipinski definition) is 2. The van der Waals surface area contributed by atoms with Gasteiger partial charge in [-0.15, -0.1) is 0 Å². The van der Waals surface area contributed by atoms with Crippen molar-refractivity contribution in [2.45, 2.75) is 19.5 Å². The maximum Gasteiger partial charge on any atom is 0.146 e. The number of aromatic amines is 1. The maximum atomic E-state index is 5.78. The van der Waals surface area contributed by atoms with Gasteiger partial charge in [0.25, 0.3) is 0 Å². The predicted molar refractivity (Wildman–Crippen MR) is 67.3 cm³/mol. The first-order valence-electron chi connectivity index (χ1n) is 5.90. The van der Waals surface area contributed by atoms with E-state index >= 15 is 0 Å². The Labute approximate surface area is 100 Å². The molecular weight excluding hydrogens is 212 g/mol. The number of imidazole rings is 1. The van der Waals surface area contributed by atoms with Gasteiger partial charge in [0.15, 0.2) is 0 Å². The van der Waals surface area contributed by atoms with Crippen molar-refractivity contribution in [1.82, 2.24) is 14.9 Å². The van der Waals surface area contributed by atoms with Crippen molar-refractivity contribution in [3.8, 4) is 0 Å². The summed E-state index contributed by atoms with van der Waals surface area (Å²) in [6.07, 6.45) is 2.77. The second kappa shape index (κ2) is 4.22. The smallest absolute Gasteiger partial charge is 0.146 e. The molecular formula is C13H16N4. The number of nitrogens with zero attached hydrogens (tertiary/aromatic N) is 2. The van der Waals surface area contributed by atoms with Crippen molar-refractivity contribution in [2.75, 3.05) is 12.3 Å². The van der Waals surface area contributed by atoms with E-state index in [1.165, 1.54) is 11.1 Å². The number of nitrogen functional groups attached to an aromatic ring is 1. The molecule has 4 nitrogen and oxygen atoms in total. The highest BCUT2D eigenvalue weighted by Crippen LogP contribution is 2.20. The Bertz CT molecular complexity index is 518. The third-order valence-corrected chi connectivity index (χ3v) is 3.34. The Balaban J connectivity index is 1.74. The average molecular weight is 228 g/mol. The summed E-state index contributed by atoms with van der Waals surface area (Å²) < 4.78 is 0. The summed E-state index contributed by atoms with van der Waals surface area (Å²) in [4.78, 5) is 9.52. The van der Waals surface area contributed by atoms with Crippen molar-refractivity contribution in [2.24, 2.45) is 0 Å². The van der Waals surface area contributed by atoms with E-state index in [0.29, 0.717) is 5.82 Å². The van der Waals surface area contributed by atoms with Gasteiger partial charge in [-0.25, -0.2) is 4.98 Å². The van der Waals surface area contributed by atoms with Crippen LogP contribution >= 0.6 is 0 Å². The van der Waals surface area contributed by atoms with E-state index < -0.39 is 0 Å². The maximum absolute atomic E-state index is 5.78. The third-order valence-electron chi connectivity index (χ3n) is 3.34. The lowest BCUT2D eigenvalue weighted by atomic mass is 10.00. The van der Waals surface area contributed by atoms with Gasteiger partial charge in [0.05, 0.1) is 12.0 Å². The van der Waals surface area contributed by atoms with Crippen LogP contribution in [0.5, 0.6) is 0 Å². The Kier molecular flexibility index (Phi) is 2.57. The second-order valence-electron chi connectivity index (χ2n) is 4.50. The summed E-state index contributed by atoms with van der Waals surface area (Å²) >= 11 is 0. The van der Waals surface area contributed by atoms with E-state index in [9.17, 15) is 0 Å². The molecule has 4 heteroatoms. The van der Waals surface area contributed by atoms with Crippen LogP contribution in [0.1, 0.15) is 16.8 Å². The van der Waals surface area contributed by atoms with Gasteiger partial charge in [-0.2, -0.15) is 0 Å². The van der Waals surface area contributed by atoms with Crippen LogP contribution in [0.15, 0.2) is 30.6 Å². The van der Waals surface area contributed by atoms with E-state index in [4.69, 9.17) is 5.73 Å². The highest BCUT2D eigenvalue weighted by molar-refractivity contribution is 5.34. The molecule has 0 unspecified atom stereocenters. The molecule has 0 spiro atoms. The van der Waals surface area contributed by atoms with Crippen LogP contribution in [0.25, 0.3) is 0 Å². The van der Waals surface area contributed by atoms with Gasteiger partial charge in [0.2, 0.25) is 0 Å². The first-order valence-corrected chi connectivity index (χ1v) is 5.90. The minimum atomic E-state index is 0.615. The quantitative estimate of drug-likeness (QED) is 0.820. The fraction of sp³-hybridized carbons (Fsp3) is 0.308. The molecule has 1 aromatic heterocycles. The van der Waals surface area contributed by atoms with Crippen LogP contribution in [0.4, 0.5) is 5.82 Å². The van der Waals surface area contributed by atoms with Crippen molar-refractivity contribution in [3.05, 3.63) is 47.4 Å². The topological polar surface area (TPSA) is 57.9 Å². The number of nitrogens with two attached hydrogens (primary N) is 1. The zero-order valence-electron chi connectivity index (χ0n) is 9.69. The largest absolute Gasteiger partial charge is 0.382 e. The van der Waals surface area contributed by atoms with Crippen molar-refractivity contribution in [3.63, 3.8) is 0 Å². The molecule has 1 aliphatic heterocycles. The molecule has 1 aromatic carbocycles. The van der Waals surface area contributed by atoms with Gasteiger partial charge >= 0.3 is 0 Å². The Morgan fingerprint density at radius 3 is 2.88 bits per heavy atom. The first kappa shape index (κ1) is 10.4. The Hall–Kier alpha value is -1.81. The van der Waals surface area contributed by atoms with Crippen LogP contribution in [0.2, 0.25) is 0 Å². The predicted octanol–water partition coefficient (Wildman–Crippen LogP) is 1.55. The van der Waals surface area contributed by atoms with Crippen LogP contribution < -0.4 is 5.73 Å². The Morgan fingerprint density at radius 2 is 2.12 bits per heavy atom. The molecule has 3 N–H and O–H groups in total. The fourth-order valence-electron chi connectivity index (χ4n) is 2.37. The molecule has 17 heavy (non-hydrogen) atoms. The van der Waals surface area contributed by atoms with Crippen molar-refractivity contribution >= 4 is 5.82 Å². The summed E-state index contributed by atoms with van der Waals surface area (Å²) in [5, 5.41) is 0. The summed E-state index contributed by atoms with van der Waals surface area (Å²) in [5.41, 5.74) is 9.70. The summed E-state index contributed by atoms with van der Waals surface area (Å²) in [5.74, 6) is 0.615. The lowest BCUT2D eigenvalue weighted by Gasteiger charge is -2.28. The number of benzene rings is 1. The summed E-state index contributed by atoms with van der Waals surface area (Å²) in [6.45, 7) is 2.92. The molecule has 0 amide bonds. The minimum Gasteiger partial charge on any atom is -0.382 e. The van der Waals surface area contributed by atoms with Gasteiger partial charge in [0.1, 0.15) is 5.82 Å². The average Bonchev–Trinajstić information content (AvgIpc) is 2.75. The third kappa shape index (κ3) is 2.03. The SMILES string of the molecule is Nc1nc[nH]c1CN1CCc2ccccc2C1. The van der Waals surface area contributed by atoms with E-state index in [0.717, 1.165) is 31.7 Å². The molecule has 2 heterocycles. The monoisotopic (exact) mass is 228 g/mol. The van der Waals surface area contributed by atoms with Crippen LogP contribution in [-0.2, 0) is 19.5 Å². The van der Waals surface area contributed by atoms with E-state index in [2.05, 4.69) is 39.1 Å². The molecule has 0 fully saturated rings. The standard InChI is InChI=1S/C13H16N4/c14-13-12(15-9-16-13)8-17-6-5-10-3-1-2-4-11(10)7-17/h1-4,9H,5-8,14H2,(H,15,16). The van der Waals surface area contributed by atoms with Crippen LogP contribution in [0, 0.1) is 0 Å². The minimum absolute atomic E-state index is 0.615. The number of nitrogens with one attached hydrogen (secondary N) is 1. The molecule has 0 saturated carbocycles. The number of fused-ring (bicyclic) bond motifs is 1. The van der Waals surface area contributed by atoms with Gasteiger partial charge in [-0.3, -0.25) is 4.90 Å². The number of rotatable bonds is 2. The molecule has 0 aliphatic carbocycles. The number of anilines is 1. The molecule has 0 radical (unpaired) electrons. The molecule has 2 aromatic rings. The molecule has 1 aliphatic rings. The molecule has 0 saturated heterocycles. The molecule has 3 rings (SSSR count). The zero-order chi connectivity index (χ0) is 11.7. The highest BCUT2D eigenvalue weighted by atomic mass is 15.1. The number of hydrogen-bond acceptors (Lipinski definition) is 3. The molecule has 88 valence electrons. The van der Waals surface area contributed by atoms with Crippen LogP contribution in [-0.4, -0.2) is 21.4 Å². The van der Waals surface area contributed by atoms with Gasteiger partial charge in [0, 0.05) is 19.6 Å². The second-order valence-corrected chi connectivity index (χ2v) is 4.50. The summed E-state index contributed by atoms with van der Waals surface area (Å²) in [7, 11) is 0. The lowest BCUT2D eigenvalue weighted by molar-refractivity contribution is 0.243. The zero-order valence-corrected chi connectivity index (χ0v) is 9.69. The number of aromatic nitrogens is 2. The normalized spacial score (nSPS) is 15.8. The Morgan fingerprint density at radius 1 is 1.29 bits per heavy atom. The molecule has 0 bridgehead atoms. The van der Waals surface area contributed by atoms with Gasteiger partial charge < -0.3 is 10.7 Å². The van der Waals surface area contributed by atoms with E-state index in [1.807, 2.05) is 0 Å². The van der Waals surface area contributed by atoms with Crippen molar-refractivity contribution in [1.29, 1.82) is 0 Å². The van der Waals surface area contributed by atoms with Gasteiger partial charge in [-0.1, -0.05) is 24.3 Å². The highest BCUT2D eigenvalue weighted by Gasteiger charge is 2.16. The van der Waals surface area contributed by atoms with E-state index in [-0.39, 0.29) is 0 Å². The van der Waals surface area contributed by atoms with Gasteiger partial charge in [-0.05, 0) is 17.5 Å².